The van der Waals surface area contributed by atoms with E-state index in [4.69, 9.17) is 42.8 Å². The van der Waals surface area contributed by atoms with Crippen LogP contribution in [0.3, 0.4) is 0 Å². The molecule has 2 aromatic heterocycles. The quantitative estimate of drug-likeness (QED) is 0.109. The summed E-state index contributed by atoms with van der Waals surface area (Å²) in [5.41, 5.74) is 8.16. The van der Waals surface area contributed by atoms with Gasteiger partial charge in [0, 0.05) is 35.0 Å². The highest BCUT2D eigenvalue weighted by Crippen LogP contribution is 2.47. The van der Waals surface area contributed by atoms with Crippen LogP contribution in [0.25, 0.3) is 65.9 Å². The van der Waals surface area contributed by atoms with Gasteiger partial charge < -0.3 is 52.8 Å². The fourth-order valence-corrected chi connectivity index (χ4v) is 14.2. The maximum atomic E-state index is 15.2. The van der Waals surface area contributed by atoms with Crippen LogP contribution in [0.1, 0.15) is 145 Å². The summed E-state index contributed by atoms with van der Waals surface area (Å²) >= 11 is 0. The van der Waals surface area contributed by atoms with Gasteiger partial charge in [-0.15, -0.1) is 0 Å². The minimum absolute atomic E-state index is 0.103. The SMILES string of the molecule is CC(C)[C@@H](C(=O)N1C[C@@H](C)C[C@H]1c1nc2c(ccc3cc4c(cc32)OCc2cc(B3OC(C)(C)C(C)(C)O3)ccc2-4)[nH]1)N(CC(C)(C)OC(=O)N1C[C@@H](C)C[C@H]1c1nc2c(ccc3cc4c(cc32)OCc2cc(B3OC(C)(C)C(C)(C)O3)ccc2-4)[nH]1)C(=O)O. The van der Waals surface area contributed by atoms with E-state index in [9.17, 15) is 14.7 Å². The zero-order chi connectivity index (χ0) is 62.8. The number of aromatic nitrogens is 4. The minimum atomic E-state index is -1.35. The standard InChI is InChI=1S/C69H79B2N7O11/c1-36(2)59(62(79)76-31-37(3)23-53(76)60-72-51-21-15-39-27-49-45-19-17-43(70-86-66(7,8)67(9,10)87-70)25-41(45)33-83-55(49)29-47(39)57(51)74-60)78(63(80)81)35-65(5,6)85-64(82)77-32-38(4)24-54(77)61-73-52-22-16-40-28-50-46-20-18-44(71-88-68(11,12)69(13,14)89-71)26-42(46)34-84-56(50)30-48(40)58(52)75-61/h15-22,25-30,36-38,53-54,59H,23-24,31-35H2,1-14H3,(H,72,74)(H,73,75)(H,80,81)/t37-,38-,53-,54-,59-/m0/s1. The van der Waals surface area contributed by atoms with Gasteiger partial charge >= 0.3 is 26.4 Å². The van der Waals surface area contributed by atoms with E-state index in [2.05, 4.69) is 152 Å². The number of carbonyl (C=O) groups is 3. The van der Waals surface area contributed by atoms with Crippen molar-refractivity contribution in [3.63, 3.8) is 0 Å². The average molecular weight is 1200 g/mol. The highest BCUT2D eigenvalue weighted by molar-refractivity contribution is 6.62. The van der Waals surface area contributed by atoms with Crippen LogP contribution in [0.2, 0.25) is 0 Å². The number of nitrogens with one attached hydrogen (secondary N) is 2. The van der Waals surface area contributed by atoms with Crippen LogP contribution in [0, 0.1) is 17.8 Å². The first-order valence-electron chi connectivity index (χ1n) is 31.5. The van der Waals surface area contributed by atoms with E-state index >= 15 is 4.79 Å². The minimum Gasteiger partial charge on any atom is -0.488 e. The lowest BCUT2D eigenvalue weighted by atomic mass is 9.77. The monoisotopic (exact) mass is 1200 g/mol. The van der Waals surface area contributed by atoms with Gasteiger partial charge in [0.15, 0.2) is 0 Å². The van der Waals surface area contributed by atoms with E-state index in [1.165, 1.54) is 0 Å². The van der Waals surface area contributed by atoms with Gasteiger partial charge in [-0.2, -0.15) is 0 Å². The van der Waals surface area contributed by atoms with Crippen LogP contribution in [0.4, 0.5) is 9.59 Å². The van der Waals surface area contributed by atoms with Crippen LogP contribution in [0.5, 0.6) is 11.5 Å². The summed E-state index contributed by atoms with van der Waals surface area (Å²) in [5.74, 6) is 2.23. The molecule has 0 aliphatic carbocycles. The molecule has 14 rings (SSSR count). The average Bonchev–Trinajstić information content (AvgIpc) is 1.78. The Labute approximate surface area is 519 Å². The van der Waals surface area contributed by atoms with Crippen molar-refractivity contribution in [3.05, 3.63) is 108 Å². The first kappa shape index (κ1) is 59.0. The Bertz CT molecular complexity index is 4220. The van der Waals surface area contributed by atoms with Crippen LogP contribution in [-0.4, -0.2) is 126 Å². The third-order valence-electron chi connectivity index (χ3n) is 20.4. The van der Waals surface area contributed by atoms with Gasteiger partial charge in [-0.05, 0) is 180 Å². The molecule has 20 heteroatoms. The second-order valence-electron chi connectivity index (χ2n) is 29.0. The molecule has 89 heavy (non-hydrogen) atoms. The summed E-state index contributed by atoms with van der Waals surface area (Å²) < 4.78 is 44.7. The molecule has 0 spiro atoms. The van der Waals surface area contributed by atoms with Gasteiger partial charge in [0.25, 0.3) is 0 Å². The molecule has 6 aliphatic heterocycles. The van der Waals surface area contributed by atoms with Crippen LogP contribution in [-0.2, 0) is 41.4 Å². The second-order valence-corrected chi connectivity index (χ2v) is 29.0. The number of hydrogen-bond acceptors (Lipinski definition) is 12. The summed E-state index contributed by atoms with van der Waals surface area (Å²) in [7, 11) is -0.957. The lowest BCUT2D eigenvalue weighted by Crippen LogP contribution is -2.57. The third kappa shape index (κ3) is 9.98. The van der Waals surface area contributed by atoms with Crippen LogP contribution in [0.15, 0.2) is 84.9 Å². The smallest absolute Gasteiger partial charge is 0.488 e. The molecule has 3 amide bonds. The van der Waals surface area contributed by atoms with Gasteiger partial charge in [-0.3, -0.25) is 14.6 Å². The number of imidazole rings is 2. The maximum absolute atomic E-state index is 15.2. The van der Waals surface area contributed by atoms with Crippen molar-refractivity contribution in [3.8, 4) is 33.8 Å². The largest absolute Gasteiger partial charge is 0.494 e. The number of aromatic amines is 2. The van der Waals surface area contributed by atoms with E-state index in [1.54, 1.807) is 23.6 Å². The molecular weight excluding hydrogens is 1120 g/mol. The summed E-state index contributed by atoms with van der Waals surface area (Å²) in [6.45, 7) is 29.1. The molecule has 0 unspecified atom stereocenters. The lowest BCUT2D eigenvalue weighted by Gasteiger charge is -2.39. The summed E-state index contributed by atoms with van der Waals surface area (Å²) in [5, 5.41) is 14.9. The van der Waals surface area contributed by atoms with Gasteiger partial charge in [-0.25, -0.2) is 19.6 Å². The molecule has 6 aromatic carbocycles. The van der Waals surface area contributed by atoms with Gasteiger partial charge in [0.1, 0.15) is 48.0 Å². The molecule has 462 valence electrons. The Kier molecular flexibility index (Phi) is 13.7. The molecule has 4 fully saturated rings. The molecule has 8 aromatic rings. The summed E-state index contributed by atoms with van der Waals surface area (Å²) in [4.78, 5) is 65.5. The van der Waals surface area contributed by atoms with Gasteiger partial charge in [0.2, 0.25) is 5.91 Å². The number of benzene rings is 6. The summed E-state index contributed by atoms with van der Waals surface area (Å²) in [6.07, 6.45) is -0.617. The molecular formula is C69H79B2N7O11. The Hall–Kier alpha value is -7.64. The zero-order valence-corrected chi connectivity index (χ0v) is 53.4. The molecule has 8 heterocycles. The number of amides is 3. The number of hydrogen-bond donors (Lipinski definition) is 3. The lowest BCUT2D eigenvalue weighted by molar-refractivity contribution is -0.140. The van der Waals surface area contributed by atoms with E-state index in [1.807, 2.05) is 26.0 Å². The third-order valence-corrected chi connectivity index (χ3v) is 20.4. The normalized spacial score (nSPS) is 22.6. The highest BCUT2D eigenvalue weighted by atomic mass is 16.7. The highest BCUT2D eigenvalue weighted by Gasteiger charge is 2.54. The fraction of sp³-hybridized carbons (Fsp3) is 0.464. The summed E-state index contributed by atoms with van der Waals surface area (Å²) in [6, 6.07) is 27.3. The van der Waals surface area contributed by atoms with Crippen LogP contribution >= 0.6 is 0 Å². The van der Waals surface area contributed by atoms with Gasteiger partial charge in [-0.1, -0.05) is 76.2 Å². The number of ether oxygens (including phenoxy) is 3. The van der Waals surface area contributed by atoms with E-state index < -0.39 is 78.5 Å². The molecule has 0 radical (unpaired) electrons. The number of likely N-dealkylation sites (tertiary alicyclic amines) is 2. The number of carbonyl (C=O) groups excluding carboxylic acids is 2. The van der Waals surface area contributed by atoms with E-state index in [0.29, 0.717) is 50.8 Å². The molecule has 0 saturated carbocycles. The second kappa shape index (κ2) is 20.7. The van der Waals surface area contributed by atoms with Crippen molar-refractivity contribution in [2.75, 3.05) is 19.6 Å². The first-order valence-corrected chi connectivity index (χ1v) is 31.5. The van der Waals surface area contributed by atoms with Crippen molar-refractivity contribution < 1.29 is 52.3 Å². The maximum Gasteiger partial charge on any atom is 0.494 e. The fourth-order valence-electron chi connectivity index (χ4n) is 14.2. The number of nitrogens with zero attached hydrogens (tertiary/aromatic N) is 5. The Morgan fingerprint density at radius 3 is 1.52 bits per heavy atom. The first-order chi connectivity index (χ1) is 42.0. The predicted octanol–water partition coefficient (Wildman–Crippen LogP) is 12.4. The number of fused-ring (bicyclic) bond motifs is 12. The molecule has 6 aliphatic rings. The van der Waals surface area contributed by atoms with Crippen molar-refractivity contribution >= 4 is 86.9 Å². The molecule has 3 N–H and O–H groups in total. The van der Waals surface area contributed by atoms with Gasteiger partial charge in [0.05, 0.1) is 63.1 Å². The van der Waals surface area contributed by atoms with E-state index in [-0.39, 0.29) is 24.3 Å². The van der Waals surface area contributed by atoms with Crippen LogP contribution < -0.4 is 20.4 Å². The molecule has 18 nitrogen and oxygen atoms in total. The Balaban J connectivity index is 0.677. The van der Waals surface area contributed by atoms with Crippen molar-refractivity contribution in [1.29, 1.82) is 0 Å². The zero-order valence-electron chi connectivity index (χ0n) is 53.4. The van der Waals surface area contributed by atoms with Crippen molar-refractivity contribution in [2.45, 2.75) is 169 Å². The molecule has 5 atom stereocenters. The Morgan fingerprint density at radius 1 is 0.640 bits per heavy atom. The Morgan fingerprint density at radius 2 is 1.08 bits per heavy atom. The number of rotatable bonds is 10. The topological polar surface area (TPSA) is 203 Å². The number of H-pyrrole nitrogens is 2. The molecule has 4 saturated heterocycles. The van der Waals surface area contributed by atoms with Crippen molar-refractivity contribution in [1.82, 2.24) is 34.6 Å². The van der Waals surface area contributed by atoms with Crippen molar-refractivity contribution in [2.24, 2.45) is 17.8 Å². The number of carboxylic acid groups (broad SMARTS) is 1. The molecule has 0 bridgehead atoms. The van der Waals surface area contributed by atoms with E-state index in [0.717, 1.165) is 104 Å². The predicted molar refractivity (Wildman–Crippen MR) is 344 cm³/mol.